The number of hydrogen-bond acceptors (Lipinski definition) is 3. The number of urea groups is 1. The van der Waals surface area contributed by atoms with E-state index in [4.69, 9.17) is 9.47 Å². The summed E-state index contributed by atoms with van der Waals surface area (Å²) in [6, 6.07) is 0.216. The van der Waals surface area contributed by atoms with Crippen LogP contribution < -0.4 is 0 Å². The molecule has 0 bridgehead atoms. The van der Waals surface area contributed by atoms with Crippen molar-refractivity contribution in [1.29, 1.82) is 0 Å². The van der Waals surface area contributed by atoms with Gasteiger partial charge in [0.15, 0.2) is 0 Å². The fraction of sp³-hybridized carbons (Fsp3) is 0.933. The van der Waals surface area contributed by atoms with Crippen LogP contribution in [-0.4, -0.2) is 67.9 Å². The van der Waals surface area contributed by atoms with E-state index < -0.39 is 0 Å². The lowest BCUT2D eigenvalue weighted by Crippen LogP contribution is -2.58. The second-order valence-corrected chi connectivity index (χ2v) is 6.36. The molecule has 3 aliphatic rings. The monoisotopic (exact) mass is 282 g/mol. The molecule has 0 aromatic carbocycles. The van der Waals surface area contributed by atoms with Gasteiger partial charge in [-0.05, 0) is 25.7 Å². The van der Waals surface area contributed by atoms with Crippen molar-refractivity contribution < 1.29 is 14.3 Å². The highest BCUT2D eigenvalue weighted by atomic mass is 16.5. The maximum atomic E-state index is 12.6. The van der Waals surface area contributed by atoms with E-state index in [9.17, 15) is 4.79 Å². The van der Waals surface area contributed by atoms with Gasteiger partial charge in [0.1, 0.15) is 0 Å². The van der Waals surface area contributed by atoms with E-state index in [1.54, 1.807) is 7.11 Å². The maximum absolute atomic E-state index is 12.6. The molecule has 2 aliphatic heterocycles. The minimum atomic E-state index is -0.149. The van der Waals surface area contributed by atoms with Crippen LogP contribution in [0.3, 0.4) is 0 Å². The van der Waals surface area contributed by atoms with Gasteiger partial charge < -0.3 is 19.3 Å². The number of hydrogen-bond donors (Lipinski definition) is 0. The summed E-state index contributed by atoms with van der Waals surface area (Å²) in [4.78, 5) is 16.6. The molecule has 3 rings (SSSR count). The summed E-state index contributed by atoms with van der Waals surface area (Å²) >= 11 is 0. The van der Waals surface area contributed by atoms with Crippen LogP contribution >= 0.6 is 0 Å². The van der Waals surface area contributed by atoms with Crippen molar-refractivity contribution in [3.8, 4) is 0 Å². The smallest absolute Gasteiger partial charge is 0.320 e. The molecule has 1 spiro atoms. The van der Waals surface area contributed by atoms with Gasteiger partial charge in [-0.2, -0.15) is 0 Å². The zero-order valence-electron chi connectivity index (χ0n) is 12.5. The van der Waals surface area contributed by atoms with E-state index in [1.165, 1.54) is 6.42 Å². The van der Waals surface area contributed by atoms with Crippen LogP contribution in [0.15, 0.2) is 0 Å². The van der Waals surface area contributed by atoms with E-state index in [0.717, 1.165) is 58.5 Å². The van der Waals surface area contributed by atoms with Crippen LogP contribution in [0.4, 0.5) is 4.79 Å². The summed E-state index contributed by atoms with van der Waals surface area (Å²) in [6.45, 7) is 4.73. The zero-order valence-corrected chi connectivity index (χ0v) is 12.5. The molecule has 0 aromatic heterocycles. The molecule has 2 heterocycles. The number of carbonyl (C=O) groups is 1. The van der Waals surface area contributed by atoms with Crippen molar-refractivity contribution in [2.75, 3.05) is 46.5 Å². The van der Waals surface area contributed by atoms with Crippen LogP contribution in [0.2, 0.25) is 0 Å². The van der Waals surface area contributed by atoms with Gasteiger partial charge >= 0.3 is 6.03 Å². The highest BCUT2D eigenvalue weighted by molar-refractivity contribution is 5.75. The fourth-order valence-corrected chi connectivity index (χ4v) is 4.03. The third-order valence-electron chi connectivity index (χ3n) is 5.12. The Morgan fingerprint density at radius 2 is 2.05 bits per heavy atom. The summed E-state index contributed by atoms with van der Waals surface area (Å²) in [5, 5.41) is 0. The van der Waals surface area contributed by atoms with Crippen molar-refractivity contribution in [2.24, 2.45) is 5.92 Å². The average molecular weight is 282 g/mol. The van der Waals surface area contributed by atoms with Crippen LogP contribution in [0, 0.1) is 5.92 Å². The van der Waals surface area contributed by atoms with Gasteiger partial charge in [0.2, 0.25) is 0 Å². The third-order valence-corrected chi connectivity index (χ3v) is 5.12. The number of nitrogens with zero attached hydrogens (tertiary/aromatic N) is 2. The minimum Gasteiger partial charge on any atom is -0.384 e. The van der Waals surface area contributed by atoms with Crippen molar-refractivity contribution in [3.63, 3.8) is 0 Å². The molecular formula is C15H26N2O3. The molecule has 1 aliphatic carbocycles. The first kappa shape index (κ1) is 14.1. The highest BCUT2D eigenvalue weighted by Gasteiger charge is 2.48. The predicted octanol–water partition coefficient (Wildman–Crippen LogP) is 1.72. The second-order valence-electron chi connectivity index (χ2n) is 6.36. The second kappa shape index (κ2) is 5.90. The van der Waals surface area contributed by atoms with E-state index in [-0.39, 0.29) is 11.6 Å². The van der Waals surface area contributed by atoms with Gasteiger partial charge in [0.25, 0.3) is 0 Å². The molecule has 3 fully saturated rings. The molecule has 2 amide bonds. The van der Waals surface area contributed by atoms with E-state index in [1.807, 2.05) is 9.80 Å². The molecule has 2 saturated heterocycles. The quantitative estimate of drug-likeness (QED) is 0.774. The Labute approximate surface area is 121 Å². The number of ether oxygens (including phenoxy) is 2. The predicted molar refractivity (Wildman–Crippen MR) is 75.7 cm³/mol. The molecule has 2 atom stereocenters. The maximum Gasteiger partial charge on any atom is 0.320 e. The van der Waals surface area contributed by atoms with Gasteiger partial charge in [0.05, 0.1) is 25.4 Å². The van der Waals surface area contributed by atoms with Crippen LogP contribution in [-0.2, 0) is 9.47 Å². The van der Waals surface area contributed by atoms with Crippen molar-refractivity contribution >= 4 is 6.03 Å². The number of amides is 2. The standard InChI is InChI=1S/C15H26N2O3/c1-19-11-13-5-4-6-15(13)12-17(9-10-20-15)14(18)16-7-2-3-8-16/h13H,2-12H2,1H3/t13-,15+/m0/s1. The first-order valence-electron chi connectivity index (χ1n) is 7.92. The first-order chi connectivity index (χ1) is 9.75. The van der Waals surface area contributed by atoms with Gasteiger partial charge in [-0.3, -0.25) is 0 Å². The Hall–Kier alpha value is -0.810. The normalized spacial score (nSPS) is 34.1. The van der Waals surface area contributed by atoms with Gasteiger partial charge in [0, 0.05) is 32.7 Å². The molecule has 0 radical (unpaired) electrons. The van der Waals surface area contributed by atoms with Crippen molar-refractivity contribution in [1.82, 2.24) is 9.80 Å². The van der Waals surface area contributed by atoms with Crippen LogP contribution in [0.1, 0.15) is 32.1 Å². The molecule has 0 unspecified atom stereocenters. The van der Waals surface area contributed by atoms with Crippen LogP contribution in [0.5, 0.6) is 0 Å². The minimum absolute atomic E-state index is 0.149. The first-order valence-corrected chi connectivity index (χ1v) is 7.92. The van der Waals surface area contributed by atoms with Gasteiger partial charge in [-0.15, -0.1) is 0 Å². The van der Waals surface area contributed by atoms with Gasteiger partial charge in [-0.25, -0.2) is 4.79 Å². The Balaban J connectivity index is 1.67. The zero-order chi connectivity index (χ0) is 14.0. The Morgan fingerprint density at radius 1 is 1.25 bits per heavy atom. The molecule has 0 N–H and O–H groups in total. The number of likely N-dealkylation sites (tertiary alicyclic amines) is 1. The van der Waals surface area contributed by atoms with Crippen molar-refractivity contribution in [2.45, 2.75) is 37.7 Å². The summed E-state index contributed by atoms with van der Waals surface area (Å²) < 4.78 is 11.5. The van der Waals surface area contributed by atoms with Gasteiger partial charge in [-0.1, -0.05) is 6.42 Å². The van der Waals surface area contributed by atoms with Crippen molar-refractivity contribution in [3.05, 3.63) is 0 Å². The summed E-state index contributed by atoms with van der Waals surface area (Å²) in [5.41, 5.74) is -0.149. The molecule has 5 heteroatoms. The lowest BCUT2D eigenvalue weighted by molar-refractivity contribution is -0.131. The Kier molecular flexibility index (Phi) is 4.17. The molecule has 114 valence electrons. The molecular weight excluding hydrogens is 256 g/mol. The lowest BCUT2D eigenvalue weighted by Gasteiger charge is -2.44. The Morgan fingerprint density at radius 3 is 2.80 bits per heavy atom. The Bertz CT molecular complexity index is 357. The summed E-state index contributed by atoms with van der Waals surface area (Å²) in [5.74, 6) is 0.432. The van der Waals surface area contributed by atoms with E-state index in [2.05, 4.69) is 0 Å². The molecule has 20 heavy (non-hydrogen) atoms. The SMILES string of the molecule is COC[C@@H]1CCC[C@@]12CN(C(=O)N1CCCC1)CCO2. The van der Waals surface area contributed by atoms with Crippen LogP contribution in [0.25, 0.3) is 0 Å². The number of methoxy groups -OCH3 is 1. The number of rotatable bonds is 2. The summed E-state index contributed by atoms with van der Waals surface area (Å²) in [6.07, 6.45) is 5.69. The summed E-state index contributed by atoms with van der Waals surface area (Å²) in [7, 11) is 1.75. The molecule has 1 saturated carbocycles. The number of carbonyl (C=O) groups excluding carboxylic acids is 1. The number of morpholine rings is 1. The van der Waals surface area contributed by atoms with E-state index >= 15 is 0 Å². The van der Waals surface area contributed by atoms with E-state index in [0.29, 0.717) is 12.5 Å². The topological polar surface area (TPSA) is 42.0 Å². The molecule has 0 aromatic rings. The molecule has 5 nitrogen and oxygen atoms in total. The average Bonchev–Trinajstić information content (AvgIpc) is 3.10. The third kappa shape index (κ3) is 2.53. The largest absolute Gasteiger partial charge is 0.384 e. The fourth-order valence-electron chi connectivity index (χ4n) is 4.03. The lowest BCUT2D eigenvalue weighted by atomic mass is 9.89. The highest BCUT2D eigenvalue weighted by Crippen LogP contribution is 2.41.